The second kappa shape index (κ2) is 4.45. The van der Waals surface area contributed by atoms with Crippen molar-refractivity contribution < 1.29 is 0 Å². The molecule has 0 bridgehead atoms. The number of imidazole rings is 1. The van der Waals surface area contributed by atoms with Gasteiger partial charge in [0.2, 0.25) is 0 Å². The molecule has 1 aromatic heterocycles. The lowest BCUT2D eigenvalue weighted by atomic mass is 10.0. The summed E-state index contributed by atoms with van der Waals surface area (Å²) in [6, 6.07) is 0.491. The highest BCUT2D eigenvalue weighted by atomic mass is 15.1. The van der Waals surface area contributed by atoms with Gasteiger partial charge in [-0.25, -0.2) is 4.98 Å². The van der Waals surface area contributed by atoms with Gasteiger partial charge in [0.15, 0.2) is 0 Å². The number of rotatable bonds is 5. The summed E-state index contributed by atoms with van der Waals surface area (Å²) < 4.78 is 2.18. The molecule has 0 aliphatic heterocycles. The molecule has 3 atom stereocenters. The number of nitrogens with one attached hydrogen (secondary N) is 1. The molecule has 17 heavy (non-hydrogen) atoms. The van der Waals surface area contributed by atoms with Crippen molar-refractivity contribution in [1.82, 2.24) is 14.9 Å². The Kier molecular flexibility index (Phi) is 2.95. The molecule has 3 heteroatoms. The molecule has 2 fully saturated rings. The highest BCUT2D eigenvalue weighted by Gasteiger charge is 2.56. The Labute approximate surface area is 104 Å². The maximum absolute atomic E-state index is 4.56. The molecule has 2 saturated carbocycles. The lowest BCUT2D eigenvalue weighted by Gasteiger charge is -2.20. The Balaban J connectivity index is 1.76. The first-order valence-electron chi connectivity index (χ1n) is 7.03. The third-order valence-electron chi connectivity index (χ3n) is 4.61. The van der Waals surface area contributed by atoms with Gasteiger partial charge in [0, 0.05) is 19.4 Å². The van der Waals surface area contributed by atoms with E-state index in [9.17, 15) is 0 Å². The Morgan fingerprint density at radius 3 is 2.82 bits per heavy atom. The summed E-state index contributed by atoms with van der Waals surface area (Å²) in [5.74, 6) is 4.07. The summed E-state index contributed by atoms with van der Waals surface area (Å²) in [6.45, 7) is 3.34. The first-order chi connectivity index (χ1) is 8.33. The van der Waals surface area contributed by atoms with Crippen molar-refractivity contribution >= 4 is 0 Å². The van der Waals surface area contributed by atoms with Crippen LogP contribution in [0.2, 0.25) is 0 Å². The number of hydrogen-bond donors (Lipinski definition) is 1. The van der Waals surface area contributed by atoms with Gasteiger partial charge in [-0.15, -0.1) is 0 Å². The quantitative estimate of drug-likeness (QED) is 0.847. The molecule has 2 aliphatic rings. The van der Waals surface area contributed by atoms with E-state index in [1.807, 2.05) is 6.20 Å². The van der Waals surface area contributed by atoms with Gasteiger partial charge in [0.25, 0.3) is 0 Å². The van der Waals surface area contributed by atoms with E-state index in [1.54, 1.807) is 0 Å². The molecule has 3 unspecified atom stereocenters. The van der Waals surface area contributed by atoms with Crippen molar-refractivity contribution in [2.75, 3.05) is 6.54 Å². The summed E-state index contributed by atoms with van der Waals surface area (Å²) in [6.07, 6.45) is 9.53. The Bertz CT molecular complexity index is 375. The van der Waals surface area contributed by atoms with Crippen molar-refractivity contribution in [2.45, 2.75) is 38.6 Å². The predicted octanol–water partition coefficient (Wildman–Crippen LogP) is 2.51. The van der Waals surface area contributed by atoms with Crippen molar-refractivity contribution in [3.05, 3.63) is 18.2 Å². The third-order valence-corrected chi connectivity index (χ3v) is 4.61. The maximum Gasteiger partial charge on any atom is 0.125 e. The molecule has 0 aromatic carbocycles. The molecule has 1 heterocycles. The van der Waals surface area contributed by atoms with Crippen LogP contribution < -0.4 is 5.32 Å². The van der Waals surface area contributed by atoms with Gasteiger partial charge < -0.3 is 9.88 Å². The second-order valence-electron chi connectivity index (χ2n) is 5.66. The first kappa shape index (κ1) is 11.3. The molecular formula is C14H23N3. The number of nitrogens with zero attached hydrogens (tertiary/aromatic N) is 2. The monoisotopic (exact) mass is 233 g/mol. The molecule has 0 amide bonds. The fraction of sp³-hybridized carbons (Fsp3) is 0.786. The average molecular weight is 233 g/mol. The summed E-state index contributed by atoms with van der Waals surface area (Å²) in [4.78, 5) is 4.56. The van der Waals surface area contributed by atoms with E-state index in [0.29, 0.717) is 6.04 Å². The van der Waals surface area contributed by atoms with E-state index in [0.717, 1.165) is 24.3 Å². The van der Waals surface area contributed by atoms with E-state index in [1.165, 1.54) is 31.5 Å². The van der Waals surface area contributed by atoms with Crippen LogP contribution in [0, 0.1) is 17.8 Å². The maximum atomic E-state index is 4.56. The van der Waals surface area contributed by atoms with E-state index in [4.69, 9.17) is 0 Å². The van der Waals surface area contributed by atoms with Crippen LogP contribution >= 0.6 is 0 Å². The van der Waals surface area contributed by atoms with Gasteiger partial charge in [-0.2, -0.15) is 0 Å². The second-order valence-corrected chi connectivity index (χ2v) is 5.66. The van der Waals surface area contributed by atoms with E-state index >= 15 is 0 Å². The molecule has 1 aromatic rings. The number of fused-ring (bicyclic) bond motifs is 1. The molecule has 0 spiro atoms. The van der Waals surface area contributed by atoms with E-state index in [2.05, 4.69) is 35.0 Å². The Hall–Kier alpha value is -0.830. The van der Waals surface area contributed by atoms with Gasteiger partial charge in [-0.05, 0) is 43.6 Å². The normalized spacial score (nSPS) is 32.5. The topological polar surface area (TPSA) is 29.9 Å². The fourth-order valence-corrected chi connectivity index (χ4v) is 3.75. The molecule has 1 N–H and O–H groups in total. The fourth-order valence-electron chi connectivity index (χ4n) is 3.75. The minimum atomic E-state index is 0.491. The molecular weight excluding hydrogens is 210 g/mol. The zero-order valence-corrected chi connectivity index (χ0v) is 10.9. The SMILES string of the molecule is CCCNC(c1nccn1C)C1C2CCCC21. The zero-order valence-electron chi connectivity index (χ0n) is 10.9. The largest absolute Gasteiger partial charge is 0.337 e. The summed E-state index contributed by atoms with van der Waals surface area (Å²) in [7, 11) is 2.11. The van der Waals surface area contributed by atoms with Gasteiger partial charge in [0.05, 0.1) is 6.04 Å². The van der Waals surface area contributed by atoms with Crippen molar-refractivity contribution in [2.24, 2.45) is 24.8 Å². The van der Waals surface area contributed by atoms with Crippen molar-refractivity contribution in [1.29, 1.82) is 0 Å². The zero-order chi connectivity index (χ0) is 11.8. The molecule has 3 nitrogen and oxygen atoms in total. The van der Waals surface area contributed by atoms with Crippen molar-refractivity contribution in [3.8, 4) is 0 Å². The van der Waals surface area contributed by atoms with Gasteiger partial charge in [0.1, 0.15) is 5.82 Å². The van der Waals surface area contributed by atoms with E-state index < -0.39 is 0 Å². The van der Waals surface area contributed by atoms with Crippen LogP contribution in [-0.4, -0.2) is 16.1 Å². The summed E-state index contributed by atoms with van der Waals surface area (Å²) in [5, 5.41) is 3.72. The molecule has 0 radical (unpaired) electrons. The molecule has 0 saturated heterocycles. The number of aryl methyl sites for hydroxylation is 1. The van der Waals surface area contributed by atoms with Crippen LogP contribution in [0.5, 0.6) is 0 Å². The Morgan fingerprint density at radius 1 is 1.47 bits per heavy atom. The third kappa shape index (κ3) is 1.90. The van der Waals surface area contributed by atoms with Crippen molar-refractivity contribution in [3.63, 3.8) is 0 Å². The van der Waals surface area contributed by atoms with Crippen LogP contribution in [-0.2, 0) is 7.05 Å². The summed E-state index contributed by atoms with van der Waals surface area (Å²) in [5.41, 5.74) is 0. The number of hydrogen-bond acceptors (Lipinski definition) is 2. The molecule has 94 valence electrons. The lowest BCUT2D eigenvalue weighted by molar-refractivity contribution is 0.394. The van der Waals surface area contributed by atoms with E-state index in [-0.39, 0.29) is 0 Å². The molecule has 3 rings (SSSR count). The highest BCUT2D eigenvalue weighted by Crippen LogP contribution is 2.61. The van der Waals surface area contributed by atoms with Gasteiger partial charge in [-0.1, -0.05) is 13.3 Å². The predicted molar refractivity (Wildman–Crippen MR) is 68.6 cm³/mol. The summed E-state index contributed by atoms with van der Waals surface area (Å²) >= 11 is 0. The highest BCUT2D eigenvalue weighted by molar-refractivity contribution is 5.13. The van der Waals surface area contributed by atoms with Crippen LogP contribution in [0.1, 0.15) is 44.5 Å². The van der Waals surface area contributed by atoms with Crippen LogP contribution in [0.25, 0.3) is 0 Å². The molecule has 2 aliphatic carbocycles. The van der Waals surface area contributed by atoms with Gasteiger partial charge in [-0.3, -0.25) is 0 Å². The minimum absolute atomic E-state index is 0.491. The van der Waals surface area contributed by atoms with Crippen LogP contribution in [0.15, 0.2) is 12.4 Å². The first-order valence-corrected chi connectivity index (χ1v) is 7.03. The number of aromatic nitrogens is 2. The smallest absolute Gasteiger partial charge is 0.125 e. The van der Waals surface area contributed by atoms with Gasteiger partial charge >= 0.3 is 0 Å². The average Bonchev–Trinajstić information content (AvgIpc) is 2.71. The lowest BCUT2D eigenvalue weighted by Crippen LogP contribution is -2.27. The minimum Gasteiger partial charge on any atom is -0.337 e. The standard InChI is InChI=1S/C14H23N3/c1-3-7-15-13(14-16-8-9-17(14)2)12-10-5-4-6-11(10)12/h8-13,15H,3-7H2,1-2H3. The Morgan fingerprint density at radius 2 is 2.24 bits per heavy atom. The van der Waals surface area contributed by atoms with Crippen LogP contribution in [0.4, 0.5) is 0 Å². The van der Waals surface area contributed by atoms with Crippen LogP contribution in [0.3, 0.4) is 0 Å².